The fourth-order valence-corrected chi connectivity index (χ4v) is 1.36. The molecule has 0 heterocycles. The van der Waals surface area contributed by atoms with Crippen molar-refractivity contribution in [2.45, 2.75) is 32.4 Å². The van der Waals surface area contributed by atoms with E-state index < -0.39 is 0 Å². The Balaban J connectivity index is 3.73. The van der Waals surface area contributed by atoms with Crippen LogP contribution >= 0.6 is 23.5 Å². The highest BCUT2D eigenvalue weighted by molar-refractivity contribution is 8.06. The van der Waals surface area contributed by atoms with Crippen molar-refractivity contribution in [1.82, 2.24) is 0 Å². The molecule has 0 N–H and O–H groups in total. The van der Waals surface area contributed by atoms with Crippen molar-refractivity contribution in [3.05, 3.63) is 10.3 Å². The van der Waals surface area contributed by atoms with E-state index >= 15 is 0 Å². The summed E-state index contributed by atoms with van der Waals surface area (Å²) in [4.78, 5) is 1.39. The minimum absolute atomic E-state index is 0.358. The largest absolute Gasteiger partial charge is 0.134 e. The minimum Gasteiger partial charge on any atom is -0.134 e. The normalized spacial score (nSPS) is 13.9. The van der Waals surface area contributed by atoms with E-state index in [4.69, 9.17) is 0 Å². The smallest absolute Gasteiger partial charge is 0.0117 e. The Morgan fingerprint density at radius 2 is 1.80 bits per heavy atom. The van der Waals surface area contributed by atoms with Crippen LogP contribution in [0.15, 0.2) is 10.3 Å². The van der Waals surface area contributed by atoms with E-state index in [0.29, 0.717) is 4.75 Å². The van der Waals surface area contributed by atoms with Crippen molar-refractivity contribution in [3.63, 3.8) is 0 Å². The third kappa shape index (κ3) is 6.56. The van der Waals surface area contributed by atoms with Crippen LogP contribution in [0.4, 0.5) is 0 Å². The fraction of sp³-hybridized carbons (Fsp3) is 0.750. The third-order valence-electron chi connectivity index (χ3n) is 0.900. The van der Waals surface area contributed by atoms with Crippen LogP contribution in [0.2, 0.25) is 0 Å². The lowest BCUT2D eigenvalue weighted by Crippen LogP contribution is -2.04. The topological polar surface area (TPSA) is 0 Å². The molecule has 0 bridgehead atoms. The average molecular weight is 176 g/mol. The first kappa shape index (κ1) is 10.4. The van der Waals surface area contributed by atoms with Crippen molar-refractivity contribution >= 4 is 23.5 Å². The quantitative estimate of drug-likeness (QED) is 0.628. The number of rotatable bonds is 2. The Labute approximate surface area is 72.9 Å². The van der Waals surface area contributed by atoms with Gasteiger partial charge in [-0.25, -0.2) is 0 Å². The van der Waals surface area contributed by atoms with E-state index in [1.165, 1.54) is 4.91 Å². The van der Waals surface area contributed by atoms with Gasteiger partial charge in [0.15, 0.2) is 0 Å². The summed E-state index contributed by atoms with van der Waals surface area (Å²) in [6, 6.07) is 0. The molecule has 2 heteroatoms. The second kappa shape index (κ2) is 4.35. The zero-order valence-corrected chi connectivity index (χ0v) is 9.03. The van der Waals surface area contributed by atoms with Crippen molar-refractivity contribution in [1.29, 1.82) is 0 Å². The van der Waals surface area contributed by atoms with Gasteiger partial charge < -0.3 is 0 Å². The lowest BCUT2D eigenvalue weighted by Gasteiger charge is -2.14. The Morgan fingerprint density at radius 1 is 1.30 bits per heavy atom. The van der Waals surface area contributed by atoms with Crippen LogP contribution in [0, 0.1) is 0 Å². The SMILES string of the molecule is CS/C(C)=C\SC(C)(C)C. The molecular weight excluding hydrogens is 160 g/mol. The van der Waals surface area contributed by atoms with Crippen molar-refractivity contribution in [3.8, 4) is 0 Å². The van der Waals surface area contributed by atoms with Gasteiger partial charge in [-0.1, -0.05) is 20.8 Å². The first-order valence-corrected chi connectivity index (χ1v) is 5.45. The predicted molar refractivity (Wildman–Crippen MR) is 54.6 cm³/mol. The highest BCUT2D eigenvalue weighted by Gasteiger charge is 2.07. The van der Waals surface area contributed by atoms with Gasteiger partial charge in [0, 0.05) is 4.75 Å². The Bertz CT molecular complexity index is 120. The van der Waals surface area contributed by atoms with E-state index in [2.05, 4.69) is 39.4 Å². The summed E-state index contributed by atoms with van der Waals surface area (Å²) in [6.45, 7) is 8.81. The molecule has 0 fully saturated rings. The zero-order chi connectivity index (χ0) is 8.20. The Kier molecular flexibility index (Phi) is 4.54. The molecule has 10 heavy (non-hydrogen) atoms. The van der Waals surface area contributed by atoms with Gasteiger partial charge in [-0.15, -0.1) is 23.5 Å². The number of hydrogen-bond acceptors (Lipinski definition) is 2. The van der Waals surface area contributed by atoms with Crippen LogP contribution in [0.25, 0.3) is 0 Å². The van der Waals surface area contributed by atoms with Gasteiger partial charge in [0.1, 0.15) is 0 Å². The van der Waals surface area contributed by atoms with Crippen LogP contribution in [0.1, 0.15) is 27.7 Å². The summed E-state index contributed by atoms with van der Waals surface area (Å²) in [5, 5.41) is 2.23. The van der Waals surface area contributed by atoms with Crippen LogP contribution in [-0.2, 0) is 0 Å². The molecule has 0 rings (SSSR count). The maximum Gasteiger partial charge on any atom is 0.0117 e. The predicted octanol–water partition coefficient (Wildman–Crippen LogP) is 3.74. The summed E-state index contributed by atoms with van der Waals surface area (Å²) in [5.41, 5.74) is 0. The number of thioether (sulfide) groups is 2. The summed E-state index contributed by atoms with van der Waals surface area (Å²) in [6.07, 6.45) is 2.11. The lowest BCUT2D eigenvalue weighted by molar-refractivity contribution is 0.807. The summed E-state index contributed by atoms with van der Waals surface area (Å²) in [7, 11) is 0. The second-order valence-corrected chi connectivity index (χ2v) is 5.91. The summed E-state index contributed by atoms with van der Waals surface area (Å²) in [5.74, 6) is 0. The van der Waals surface area contributed by atoms with Crippen LogP contribution in [0.5, 0.6) is 0 Å². The molecule has 0 aliphatic rings. The van der Waals surface area contributed by atoms with Gasteiger partial charge in [0.25, 0.3) is 0 Å². The molecule has 0 aromatic carbocycles. The molecule has 60 valence electrons. The summed E-state index contributed by atoms with van der Waals surface area (Å²) < 4.78 is 0.358. The van der Waals surface area contributed by atoms with Gasteiger partial charge in [0.05, 0.1) is 0 Å². The Morgan fingerprint density at radius 3 is 2.10 bits per heavy atom. The summed E-state index contributed by atoms with van der Waals surface area (Å²) >= 11 is 3.69. The molecule has 0 aromatic heterocycles. The second-order valence-electron chi connectivity index (χ2n) is 3.16. The molecule has 0 aliphatic heterocycles. The highest BCUT2D eigenvalue weighted by atomic mass is 32.2. The monoisotopic (exact) mass is 176 g/mol. The van der Waals surface area contributed by atoms with E-state index in [-0.39, 0.29) is 0 Å². The molecule has 0 spiro atoms. The van der Waals surface area contributed by atoms with Crippen molar-refractivity contribution < 1.29 is 0 Å². The average Bonchev–Trinajstić information content (AvgIpc) is 1.81. The molecule has 0 amide bonds. The van der Waals surface area contributed by atoms with Crippen LogP contribution < -0.4 is 0 Å². The molecule has 0 saturated heterocycles. The van der Waals surface area contributed by atoms with Crippen LogP contribution in [0.3, 0.4) is 0 Å². The minimum atomic E-state index is 0.358. The maximum absolute atomic E-state index is 2.23. The van der Waals surface area contributed by atoms with Gasteiger partial charge >= 0.3 is 0 Å². The van der Waals surface area contributed by atoms with Gasteiger partial charge in [0.2, 0.25) is 0 Å². The van der Waals surface area contributed by atoms with Crippen molar-refractivity contribution in [2.75, 3.05) is 6.26 Å². The molecule has 0 saturated carbocycles. The molecule has 0 atom stereocenters. The molecule has 0 unspecified atom stereocenters. The number of allylic oxidation sites excluding steroid dienone is 1. The molecule has 0 radical (unpaired) electrons. The molecule has 0 nitrogen and oxygen atoms in total. The number of hydrogen-bond donors (Lipinski definition) is 0. The third-order valence-corrected chi connectivity index (χ3v) is 2.99. The molecule has 0 aliphatic carbocycles. The fourth-order valence-electron chi connectivity index (χ4n) is 0.308. The molecule has 0 aromatic rings. The van der Waals surface area contributed by atoms with E-state index in [0.717, 1.165) is 0 Å². The van der Waals surface area contributed by atoms with Gasteiger partial charge in [-0.05, 0) is 23.5 Å². The zero-order valence-electron chi connectivity index (χ0n) is 7.39. The Hall–Kier alpha value is 0.440. The van der Waals surface area contributed by atoms with E-state index in [9.17, 15) is 0 Å². The lowest BCUT2D eigenvalue weighted by atomic mass is 10.3. The van der Waals surface area contributed by atoms with Crippen molar-refractivity contribution in [2.24, 2.45) is 0 Å². The van der Waals surface area contributed by atoms with Crippen LogP contribution in [-0.4, -0.2) is 11.0 Å². The van der Waals surface area contributed by atoms with Gasteiger partial charge in [-0.2, -0.15) is 0 Å². The molecular formula is C8H16S2. The van der Waals surface area contributed by atoms with E-state index in [1.54, 1.807) is 11.8 Å². The van der Waals surface area contributed by atoms with Gasteiger partial charge in [-0.3, -0.25) is 0 Å². The first-order chi connectivity index (χ1) is 4.45. The maximum atomic E-state index is 2.23. The van der Waals surface area contributed by atoms with E-state index in [1.807, 2.05) is 11.8 Å². The highest BCUT2D eigenvalue weighted by Crippen LogP contribution is 2.27. The first-order valence-electron chi connectivity index (χ1n) is 3.34. The standard InChI is InChI=1S/C8H16S2/c1-7(9-5)6-10-8(2,3)4/h6H,1-5H3/b7-6-.